The van der Waals surface area contributed by atoms with Gasteiger partial charge in [0.05, 0.1) is 24.9 Å². The molecular weight excluding hydrogens is 415 g/mol. The Hall–Kier alpha value is -1.83. The van der Waals surface area contributed by atoms with Crippen molar-refractivity contribution in [1.29, 1.82) is 0 Å². The molecule has 0 fully saturated rings. The van der Waals surface area contributed by atoms with Gasteiger partial charge in [-0.1, -0.05) is 25.1 Å². The zero-order chi connectivity index (χ0) is 16.1. The van der Waals surface area contributed by atoms with Crippen molar-refractivity contribution in [2.24, 2.45) is 10.7 Å². The molecule has 1 unspecified atom stereocenters. The molecule has 0 amide bonds. The van der Waals surface area contributed by atoms with Crippen molar-refractivity contribution >= 4 is 29.9 Å². The number of hydrogen-bond donors (Lipinski definition) is 2. The summed E-state index contributed by atoms with van der Waals surface area (Å²) in [5.74, 6) is 1.36. The second-order valence-electron chi connectivity index (χ2n) is 5.58. The molecule has 128 valence electrons. The van der Waals surface area contributed by atoms with E-state index in [-0.39, 0.29) is 30.0 Å². The van der Waals surface area contributed by atoms with E-state index >= 15 is 0 Å². The predicted molar refractivity (Wildman–Crippen MR) is 107 cm³/mol. The maximum atomic E-state index is 6.05. The first-order valence-corrected chi connectivity index (χ1v) is 7.98. The third-order valence-corrected chi connectivity index (χ3v) is 3.98. The summed E-state index contributed by atoms with van der Waals surface area (Å²) >= 11 is 0. The maximum absolute atomic E-state index is 6.05. The first-order chi connectivity index (χ1) is 11.3. The monoisotopic (exact) mass is 438 g/mol. The van der Waals surface area contributed by atoms with Gasteiger partial charge in [0.2, 0.25) is 0 Å². The van der Waals surface area contributed by atoms with Crippen LogP contribution in [-0.2, 0) is 13.0 Å². The van der Waals surface area contributed by atoms with Crippen molar-refractivity contribution in [2.45, 2.75) is 32.4 Å². The number of pyridine rings is 1. The Morgan fingerprint density at radius 1 is 1.38 bits per heavy atom. The number of aliphatic imine (C=N–C) groups is 1. The average Bonchev–Trinajstić information content (AvgIpc) is 2.60. The number of benzene rings is 1. The normalized spacial score (nSPS) is 16.5. The summed E-state index contributed by atoms with van der Waals surface area (Å²) in [7, 11) is 0. The maximum Gasteiger partial charge on any atom is 0.189 e. The lowest BCUT2D eigenvalue weighted by molar-refractivity contribution is 0.262. The number of aromatic nitrogens is 1. The number of ether oxygens (including phenoxy) is 1. The molecule has 0 aliphatic carbocycles. The fourth-order valence-corrected chi connectivity index (χ4v) is 2.72. The molecule has 6 heteroatoms. The average molecular weight is 438 g/mol. The Morgan fingerprint density at radius 2 is 2.21 bits per heavy atom. The molecule has 24 heavy (non-hydrogen) atoms. The Morgan fingerprint density at radius 3 is 3.04 bits per heavy atom. The summed E-state index contributed by atoms with van der Waals surface area (Å²) in [5, 5.41) is 3.29. The van der Waals surface area contributed by atoms with Crippen molar-refractivity contribution in [3.63, 3.8) is 0 Å². The molecule has 1 aromatic heterocycles. The molecule has 1 aromatic carbocycles. The van der Waals surface area contributed by atoms with Gasteiger partial charge in [-0.25, -0.2) is 4.99 Å². The molecule has 1 aliphatic heterocycles. The van der Waals surface area contributed by atoms with Crippen LogP contribution in [0.3, 0.4) is 0 Å². The van der Waals surface area contributed by atoms with Crippen molar-refractivity contribution in [2.75, 3.05) is 6.61 Å². The van der Waals surface area contributed by atoms with E-state index in [4.69, 9.17) is 10.5 Å². The quantitative estimate of drug-likeness (QED) is 0.437. The van der Waals surface area contributed by atoms with E-state index in [2.05, 4.69) is 34.3 Å². The molecule has 2 aromatic rings. The fourth-order valence-electron chi connectivity index (χ4n) is 2.72. The van der Waals surface area contributed by atoms with Crippen LogP contribution >= 0.6 is 24.0 Å². The Kier molecular flexibility index (Phi) is 6.84. The first kappa shape index (κ1) is 18.5. The van der Waals surface area contributed by atoms with Crippen molar-refractivity contribution in [3.05, 3.63) is 59.4 Å². The van der Waals surface area contributed by atoms with E-state index < -0.39 is 0 Å². The van der Waals surface area contributed by atoms with Crippen molar-refractivity contribution in [1.82, 2.24) is 10.3 Å². The summed E-state index contributed by atoms with van der Waals surface area (Å²) in [4.78, 5) is 8.75. The number of nitrogens with two attached hydrogens (primary N) is 1. The number of para-hydroxylation sites is 1. The second kappa shape index (κ2) is 8.86. The van der Waals surface area contributed by atoms with Crippen molar-refractivity contribution < 1.29 is 4.74 Å². The van der Waals surface area contributed by atoms with Crippen LogP contribution in [0.5, 0.6) is 5.75 Å². The van der Waals surface area contributed by atoms with Gasteiger partial charge in [-0.3, -0.25) is 4.98 Å². The zero-order valence-electron chi connectivity index (χ0n) is 13.7. The van der Waals surface area contributed by atoms with Gasteiger partial charge in [0.1, 0.15) is 5.75 Å². The number of nitrogens with zero attached hydrogens (tertiary/aromatic N) is 2. The minimum Gasteiger partial charge on any atom is -0.493 e. The topological polar surface area (TPSA) is 72.5 Å². The van der Waals surface area contributed by atoms with Gasteiger partial charge < -0.3 is 15.8 Å². The Bertz CT molecular complexity index is 705. The molecule has 0 spiro atoms. The van der Waals surface area contributed by atoms with Gasteiger partial charge >= 0.3 is 0 Å². The number of rotatable bonds is 4. The number of guanidine groups is 1. The van der Waals surface area contributed by atoms with E-state index in [0.717, 1.165) is 29.8 Å². The summed E-state index contributed by atoms with van der Waals surface area (Å²) in [5.41, 5.74) is 9.37. The summed E-state index contributed by atoms with van der Waals surface area (Å²) in [6.45, 7) is 3.29. The van der Waals surface area contributed by atoms with Gasteiger partial charge in [0, 0.05) is 18.2 Å². The first-order valence-electron chi connectivity index (χ1n) is 7.98. The number of nitrogens with one attached hydrogen (secondary N) is 1. The molecule has 2 heterocycles. The van der Waals surface area contributed by atoms with Crippen LogP contribution in [-0.4, -0.2) is 17.6 Å². The van der Waals surface area contributed by atoms with Crippen LogP contribution in [0.4, 0.5) is 0 Å². The second-order valence-corrected chi connectivity index (χ2v) is 5.58. The lowest BCUT2D eigenvalue weighted by Crippen LogP contribution is -2.37. The third kappa shape index (κ3) is 4.59. The molecule has 0 saturated carbocycles. The number of halogens is 1. The highest BCUT2D eigenvalue weighted by Gasteiger charge is 2.21. The highest BCUT2D eigenvalue weighted by atomic mass is 127. The van der Waals surface area contributed by atoms with Gasteiger partial charge in [-0.2, -0.15) is 0 Å². The molecule has 1 atom stereocenters. The lowest BCUT2D eigenvalue weighted by Gasteiger charge is -2.26. The van der Waals surface area contributed by atoms with Gasteiger partial charge in [0.15, 0.2) is 5.96 Å². The molecule has 5 nitrogen and oxygen atoms in total. The molecule has 0 saturated heterocycles. The van der Waals surface area contributed by atoms with Crippen LogP contribution in [0, 0.1) is 0 Å². The van der Waals surface area contributed by atoms with E-state index in [9.17, 15) is 0 Å². The number of fused-ring (bicyclic) bond motifs is 1. The van der Waals surface area contributed by atoms with E-state index in [1.165, 1.54) is 5.56 Å². The predicted octanol–water partition coefficient (Wildman–Crippen LogP) is 3.19. The van der Waals surface area contributed by atoms with Crippen LogP contribution in [0.2, 0.25) is 0 Å². The largest absolute Gasteiger partial charge is 0.493 e. The van der Waals surface area contributed by atoms with E-state index in [0.29, 0.717) is 19.1 Å². The Labute approximate surface area is 159 Å². The number of aryl methyl sites for hydroxylation is 1. The van der Waals surface area contributed by atoms with Gasteiger partial charge in [-0.15, -0.1) is 24.0 Å². The van der Waals surface area contributed by atoms with Crippen LogP contribution < -0.4 is 15.8 Å². The summed E-state index contributed by atoms with van der Waals surface area (Å²) < 4.78 is 5.66. The standard InChI is InChI=1S/C18H22N4O.HI/c1-2-13-7-9-20-14(11-13)12-21-18(19)22-16-8-10-23-17-6-4-3-5-15(16)17;/h3-7,9,11,16H,2,8,10,12H2,1H3,(H3,19,21,22);1H. The van der Waals surface area contributed by atoms with Crippen LogP contribution in [0.15, 0.2) is 47.6 Å². The highest BCUT2D eigenvalue weighted by Crippen LogP contribution is 2.31. The summed E-state index contributed by atoms with van der Waals surface area (Å²) in [6, 6.07) is 12.3. The minimum atomic E-state index is 0. The number of hydrogen-bond acceptors (Lipinski definition) is 3. The minimum absolute atomic E-state index is 0. The lowest BCUT2D eigenvalue weighted by atomic mass is 10.0. The zero-order valence-corrected chi connectivity index (χ0v) is 16.1. The molecule has 0 bridgehead atoms. The highest BCUT2D eigenvalue weighted by molar-refractivity contribution is 14.0. The molecule has 0 radical (unpaired) electrons. The van der Waals surface area contributed by atoms with Crippen LogP contribution in [0.25, 0.3) is 0 Å². The molecular formula is C18H23IN4O. The molecule has 3 N–H and O–H groups in total. The molecule has 3 rings (SSSR count). The van der Waals surface area contributed by atoms with Crippen molar-refractivity contribution in [3.8, 4) is 5.75 Å². The third-order valence-electron chi connectivity index (χ3n) is 3.98. The van der Waals surface area contributed by atoms with E-state index in [1.807, 2.05) is 30.5 Å². The summed E-state index contributed by atoms with van der Waals surface area (Å²) in [6.07, 6.45) is 3.69. The molecule has 1 aliphatic rings. The smallest absolute Gasteiger partial charge is 0.189 e. The van der Waals surface area contributed by atoms with Gasteiger partial charge in [-0.05, 0) is 30.2 Å². The SMILES string of the molecule is CCc1ccnc(CN=C(N)NC2CCOc3ccccc32)c1.I. The van der Waals surface area contributed by atoms with Gasteiger partial charge in [0.25, 0.3) is 0 Å². The fraction of sp³-hybridized carbons (Fsp3) is 0.333. The van der Waals surface area contributed by atoms with Crippen LogP contribution in [0.1, 0.15) is 36.2 Å². The Balaban J connectivity index is 0.00000208. The van der Waals surface area contributed by atoms with E-state index in [1.54, 1.807) is 0 Å².